The van der Waals surface area contributed by atoms with Crippen LogP contribution in [0.4, 0.5) is 0 Å². The molecule has 1 saturated heterocycles. The van der Waals surface area contributed by atoms with Crippen LogP contribution in [-0.2, 0) is 38.8 Å². The van der Waals surface area contributed by atoms with Gasteiger partial charge in [-0.3, -0.25) is 4.90 Å². The molecule has 214 valence electrons. The molecule has 0 spiro atoms. The van der Waals surface area contributed by atoms with E-state index >= 15 is 0 Å². The summed E-state index contributed by atoms with van der Waals surface area (Å²) in [5.41, 5.74) is 3.51. The lowest BCUT2D eigenvalue weighted by molar-refractivity contribution is -0.202. The van der Waals surface area contributed by atoms with Crippen LogP contribution in [0.25, 0.3) is 0 Å². The monoisotopic (exact) mass is 543 g/mol. The Hall–Kier alpha value is -2.54. The lowest BCUT2D eigenvalue weighted by Gasteiger charge is -2.48. The fourth-order valence-electron chi connectivity index (χ4n) is 6.21. The molecule has 5 rings (SSSR count). The van der Waals surface area contributed by atoms with E-state index in [1.54, 1.807) is 0 Å². The van der Waals surface area contributed by atoms with E-state index in [0.717, 1.165) is 31.5 Å². The van der Waals surface area contributed by atoms with Crippen molar-refractivity contribution in [3.63, 3.8) is 0 Å². The molecule has 0 amide bonds. The Balaban J connectivity index is 1.35. The lowest BCUT2D eigenvalue weighted by atomic mass is 9.85. The summed E-state index contributed by atoms with van der Waals surface area (Å²) in [7, 11) is 1.84. The summed E-state index contributed by atoms with van der Waals surface area (Å²) < 4.78 is 25.8. The summed E-state index contributed by atoms with van der Waals surface area (Å²) in [4.78, 5) is 2.60. The number of likely N-dealkylation sites (tertiary alicyclic amines) is 1. The highest BCUT2D eigenvalue weighted by Gasteiger charge is 2.44. The van der Waals surface area contributed by atoms with Gasteiger partial charge in [-0.2, -0.15) is 0 Å². The zero-order chi connectivity index (χ0) is 27.6. The van der Waals surface area contributed by atoms with E-state index in [1.807, 2.05) is 25.3 Å². The van der Waals surface area contributed by atoms with Crippen LogP contribution < -0.4 is 0 Å². The molecule has 3 aromatic carbocycles. The Labute approximate surface area is 240 Å². The van der Waals surface area contributed by atoms with Crippen molar-refractivity contribution in [2.75, 3.05) is 20.2 Å². The Kier molecular flexibility index (Phi) is 10.8. The van der Waals surface area contributed by atoms with Gasteiger partial charge >= 0.3 is 0 Å². The molecule has 0 bridgehead atoms. The van der Waals surface area contributed by atoms with Crippen LogP contribution in [0.3, 0.4) is 0 Å². The third-order valence-corrected chi connectivity index (χ3v) is 8.65. The summed E-state index contributed by atoms with van der Waals surface area (Å²) in [6, 6.07) is 31.5. The molecule has 1 aliphatic carbocycles. The van der Waals surface area contributed by atoms with Crippen LogP contribution in [0.15, 0.2) is 91.0 Å². The standard InChI is InChI=1S/C35H45NO4/c1-27-34(39-25-30-14-8-4-9-15-30)35(40-26-31-16-10-5-11-17-31)33(38-24-29-12-6-3-7-13-29)23-36(27)22-28-18-20-32(37-2)21-19-28/h3-17,27-28,32-35H,18-26H2,1-2H3/t27-,28?,32?,33+,34-,35-/m1/s1. The SMILES string of the molecule is COC1CCC(CN2C[C@H](OCc3ccccc3)[C@@H](OCc3ccccc3)[C@H](OCc3ccccc3)[C@H]2C)CC1. The summed E-state index contributed by atoms with van der Waals surface area (Å²) >= 11 is 0. The van der Waals surface area contributed by atoms with Crippen LogP contribution in [0, 0.1) is 5.92 Å². The molecule has 5 nitrogen and oxygen atoms in total. The Morgan fingerprint density at radius 3 is 1.60 bits per heavy atom. The number of rotatable bonds is 12. The first-order valence-electron chi connectivity index (χ1n) is 14.9. The van der Waals surface area contributed by atoms with Gasteiger partial charge in [0.25, 0.3) is 0 Å². The molecule has 4 atom stereocenters. The van der Waals surface area contributed by atoms with Crippen LogP contribution in [0.2, 0.25) is 0 Å². The van der Waals surface area contributed by atoms with Gasteiger partial charge < -0.3 is 18.9 Å². The molecule has 5 heteroatoms. The summed E-state index contributed by atoms with van der Waals surface area (Å²) in [6.07, 6.45) is 4.73. The van der Waals surface area contributed by atoms with Crippen LogP contribution in [0.5, 0.6) is 0 Å². The molecule has 1 aliphatic heterocycles. The molecule has 2 fully saturated rings. The molecule has 0 aromatic heterocycles. The van der Waals surface area contributed by atoms with Crippen molar-refractivity contribution in [3.8, 4) is 0 Å². The van der Waals surface area contributed by atoms with Gasteiger partial charge in [-0.1, -0.05) is 91.0 Å². The number of methoxy groups -OCH3 is 1. The minimum atomic E-state index is -0.178. The van der Waals surface area contributed by atoms with Crippen LogP contribution in [-0.4, -0.2) is 55.6 Å². The van der Waals surface area contributed by atoms with Crippen molar-refractivity contribution in [2.24, 2.45) is 5.92 Å². The number of piperidine rings is 1. The number of benzene rings is 3. The van der Waals surface area contributed by atoms with Crippen LogP contribution >= 0.6 is 0 Å². The van der Waals surface area contributed by atoms with E-state index < -0.39 is 0 Å². The topological polar surface area (TPSA) is 40.2 Å². The maximum Gasteiger partial charge on any atom is 0.113 e. The van der Waals surface area contributed by atoms with Crippen molar-refractivity contribution in [1.29, 1.82) is 0 Å². The molecule has 0 unspecified atom stereocenters. The van der Waals surface area contributed by atoms with E-state index in [4.69, 9.17) is 18.9 Å². The van der Waals surface area contributed by atoms with E-state index in [0.29, 0.717) is 31.8 Å². The third-order valence-electron chi connectivity index (χ3n) is 8.65. The van der Waals surface area contributed by atoms with E-state index in [2.05, 4.69) is 84.6 Å². The molecule has 3 aromatic rings. The minimum Gasteiger partial charge on any atom is -0.381 e. The predicted octanol–water partition coefficient (Wildman–Crippen LogP) is 6.65. The van der Waals surface area contributed by atoms with Crippen molar-refractivity contribution in [2.45, 2.75) is 82.9 Å². The maximum absolute atomic E-state index is 6.75. The lowest BCUT2D eigenvalue weighted by Crippen LogP contribution is -2.63. The van der Waals surface area contributed by atoms with Crippen molar-refractivity contribution >= 4 is 0 Å². The first kappa shape index (κ1) is 29.0. The third kappa shape index (κ3) is 8.02. The summed E-state index contributed by atoms with van der Waals surface area (Å²) in [5.74, 6) is 0.667. The molecule has 1 saturated carbocycles. The van der Waals surface area contributed by atoms with Gasteiger partial charge in [-0.25, -0.2) is 0 Å². The van der Waals surface area contributed by atoms with Crippen molar-refractivity contribution in [3.05, 3.63) is 108 Å². The second-order valence-electron chi connectivity index (χ2n) is 11.4. The minimum absolute atomic E-state index is 0.101. The normalized spacial score (nSPS) is 27.4. The molecular weight excluding hydrogens is 498 g/mol. The van der Waals surface area contributed by atoms with Crippen LogP contribution in [0.1, 0.15) is 49.3 Å². The second-order valence-corrected chi connectivity index (χ2v) is 11.4. The fraction of sp³-hybridized carbons (Fsp3) is 0.486. The Bertz CT molecular complexity index is 1100. The largest absolute Gasteiger partial charge is 0.381 e. The molecular formula is C35H45NO4. The average Bonchev–Trinajstić information content (AvgIpc) is 3.01. The maximum atomic E-state index is 6.75. The van der Waals surface area contributed by atoms with Gasteiger partial charge in [0.15, 0.2) is 0 Å². The van der Waals surface area contributed by atoms with E-state index in [-0.39, 0.29) is 24.4 Å². The quantitative estimate of drug-likeness (QED) is 0.256. The van der Waals surface area contributed by atoms with Gasteiger partial charge in [-0.05, 0) is 55.2 Å². The first-order valence-corrected chi connectivity index (χ1v) is 14.9. The average molecular weight is 544 g/mol. The Morgan fingerprint density at radius 1 is 0.625 bits per heavy atom. The van der Waals surface area contributed by atoms with Gasteiger partial charge in [-0.15, -0.1) is 0 Å². The van der Waals surface area contributed by atoms with Crippen molar-refractivity contribution in [1.82, 2.24) is 4.90 Å². The molecule has 1 heterocycles. The smallest absolute Gasteiger partial charge is 0.113 e. The second kappa shape index (κ2) is 14.9. The summed E-state index contributed by atoms with van der Waals surface area (Å²) in [5, 5.41) is 0. The highest BCUT2D eigenvalue weighted by atomic mass is 16.6. The molecule has 2 aliphatic rings. The van der Waals surface area contributed by atoms with Gasteiger partial charge in [0.05, 0.1) is 32.0 Å². The van der Waals surface area contributed by atoms with Gasteiger partial charge in [0.1, 0.15) is 12.2 Å². The Morgan fingerprint density at radius 2 is 1.10 bits per heavy atom. The number of hydrogen-bond donors (Lipinski definition) is 0. The highest BCUT2D eigenvalue weighted by Crippen LogP contribution is 2.32. The van der Waals surface area contributed by atoms with E-state index in [9.17, 15) is 0 Å². The molecule has 40 heavy (non-hydrogen) atoms. The van der Waals surface area contributed by atoms with Gasteiger partial charge in [0, 0.05) is 26.2 Å². The number of hydrogen-bond acceptors (Lipinski definition) is 5. The molecule has 0 radical (unpaired) electrons. The molecule has 0 N–H and O–H groups in total. The highest BCUT2D eigenvalue weighted by molar-refractivity contribution is 5.16. The zero-order valence-corrected chi connectivity index (χ0v) is 24.1. The predicted molar refractivity (Wildman–Crippen MR) is 159 cm³/mol. The first-order chi connectivity index (χ1) is 19.7. The summed E-state index contributed by atoms with van der Waals surface area (Å²) in [6.45, 7) is 5.85. The number of ether oxygens (including phenoxy) is 4. The zero-order valence-electron chi connectivity index (χ0n) is 24.1. The van der Waals surface area contributed by atoms with E-state index in [1.165, 1.54) is 24.0 Å². The van der Waals surface area contributed by atoms with Gasteiger partial charge in [0.2, 0.25) is 0 Å². The number of nitrogens with zero attached hydrogens (tertiary/aromatic N) is 1. The fourth-order valence-corrected chi connectivity index (χ4v) is 6.21. The van der Waals surface area contributed by atoms with Crippen molar-refractivity contribution < 1.29 is 18.9 Å².